The van der Waals surface area contributed by atoms with Crippen LogP contribution in [-0.2, 0) is 15.1 Å². The number of rotatable bonds is 5. The van der Waals surface area contributed by atoms with Crippen LogP contribution in [0.3, 0.4) is 0 Å². The lowest BCUT2D eigenvalue weighted by Crippen LogP contribution is -2.43. The summed E-state index contributed by atoms with van der Waals surface area (Å²) in [7, 11) is 1.41. The number of halogens is 2. The van der Waals surface area contributed by atoms with Gasteiger partial charge in [-0.25, -0.2) is 9.18 Å². The zero-order valence-corrected chi connectivity index (χ0v) is 16.6. The minimum Gasteiger partial charge on any atom is -0.319 e. The third kappa shape index (κ3) is 3.69. The van der Waals surface area contributed by atoms with Crippen molar-refractivity contribution in [2.45, 2.75) is 12.5 Å². The van der Waals surface area contributed by atoms with E-state index in [2.05, 4.69) is 5.32 Å². The molecule has 0 spiro atoms. The van der Waals surface area contributed by atoms with Crippen LogP contribution in [0.25, 0.3) is 0 Å². The molecule has 0 aliphatic carbocycles. The molecule has 0 radical (unpaired) electrons. The molecule has 1 heterocycles. The Hall–Kier alpha value is -3.53. The fourth-order valence-electron chi connectivity index (χ4n) is 3.10. The molecule has 1 fully saturated rings. The number of nitro groups is 1. The maximum absolute atomic E-state index is 13.3. The third-order valence-electron chi connectivity index (χ3n) is 4.86. The van der Waals surface area contributed by atoms with Gasteiger partial charge in [-0.1, -0.05) is 17.7 Å². The van der Waals surface area contributed by atoms with Gasteiger partial charge in [-0.15, -0.1) is 0 Å². The topological polar surface area (TPSA) is 113 Å². The second-order valence-electron chi connectivity index (χ2n) is 6.80. The van der Waals surface area contributed by atoms with E-state index in [-0.39, 0.29) is 16.3 Å². The number of likely N-dealkylation sites (N-methyl/N-ethyl adjacent to an activating group) is 1. The van der Waals surface area contributed by atoms with Crippen LogP contribution >= 0.6 is 11.6 Å². The van der Waals surface area contributed by atoms with Gasteiger partial charge in [-0.2, -0.15) is 0 Å². The lowest BCUT2D eigenvalue weighted by molar-refractivity contribution is -0.384. The first kappa shape index (κ1) is 21.2. The summed E-state index contributed by atoms with van der Waals surface area (Å²) < 4.78 is 13.3. The molecule has 0 aromatic heterocycles. The summed E-state index contributed by atoms with van der Waals surface area (Å²) in [6.07, 6.45) is 0. The van der Waals surface area contributed by atoms with E-state index < -0.39 is 40.7 Å². The minimum atomic E-state index is -1.56. The predicted octanol–water partition coefficient (Wildman–Crippen LogP) is 2.82. The Labute approximate surface area is 175 Å². The largest absolute Gasteiger partial charge is 0.325 e. The molecule has 2 aromatic rings. The van der Waals surface area contributed by atoms with E-state index in [4.69, 9.17) is 11.6 Å². The monoisotopic (exact) mass is 434 g/mol. The molecule has 11 heteroatoms. The number of urea groups is 1. The number of non-ortho nitro benzene ring substituents is 1. The zero-order valence-electron chi connectivity index (χ0n) is 15.9. The number of imide groups is 1. The van der Waals surface area contributed by atoms with Crippen LogP contribution in [0.2, 0.25) is 5.02 Å². The van der Waals surface area contributed by atoms with Gasteiger partial charge >= 0.3 is 6.03 Å². The molecule has 1 aliphatic rings. The second-order valence-corrected chi connectivity index (χ2v) is 7.20. The highest BCUT2D eigenvalue weighted by Crippen LogP contribution is 2.34. The number of carbonyl (C=O) groups excluding carboxylic acids is 3. The summed E-state index contributed by atoms with van der Waals surface area (Å²) in [5, 5.41) is 13.2. The zero-order chi connectivity index (χ0) is 22.2. The number of anilines is 1. The summed E-state index contributed by atoms with van der Waals surface area (Å²) in [6, 6.07) is 7.87. The van der Waals surface area contributed by atoms with Crippen LogP contribution in [0.1, 0.15) is 12.5 Å². The molecule has 4 amide bonds. The standard InChI is InChI=1S/C19H16ClFN4O5/c1-19(14-8-3-11(21)9-15(14)20)17(27)24(18(28)22-19)10-16(26)23(2)12-4-6-13(7-5-12)25(29)30/h3-9H,10H2,1-2H3,(H,22,28). The van der Waals surface area contributed by atoms with Crippen LogP contribution in [0.4, 0.5) is 20.6 Å². The molecule has 156 valence electrons. The first-order chi connectivity index (χ1) is 14.0. The van der Waals surface area contributed by atoms with Crippen molar-refractivity contribution in [1.29, 1.82) is 0 Å². The number of nitro benzene ring substituents is 1. The first-order valence-electron chi connectivity index (χ1n) is 8.65. The number of hydrogen-bond donors (Lipinski definition) is 1. The lowest BCUT2D eigenvalue weighted by Gasteiger charge is -2.24. The van der Waals surface area contributed by atoms with E-state index in [0.29, 0.717) is 5.69 Å². The first-order valence-corrected chi connectivity index (χ1v) is 9.03. The van der Waals surface area contributed by atoms with Gasteiger partial charge in [0.25, 0.3) is 11.6 Å². The van der Waals surface area contributed by atoms with Crippen molar-refractivity contribution < 1.29 is 23.7 Å². The Morgan fingerprint density at radius 1 is 1.27 bits per heavy atom. The summed E-state index contributed by atoms with van der Waals surface area (Å²) in [4.78, 5) is 50.0. The summed E-state index contributed by atoms with van der Waals surface area (Å²) >= 11 is 6.05. The summed E-state index contributed by atoms with van der Waals surface area (Å²) in [5.74, 6) is -1.91. The van der Waals surface area contributed by atoms with E-state index in [1.54, 1.807) is 0 Å². The van der Waals surface area contributed by atoms with Gasteiger partial charge in [0, 0.05) is 35.5 Å². The maximum atomic E-state index is 13.3. The molecule has 1 aliphatic heterocycles. The molecule has 9 nitrogen and oxygen atoms in total. The van der Waals surface area contributed by atoms with Gasteiger partial charge in [0.05, 0.1) is 4.92 Å². The Bertz CT molecular complexity index is 1060. The second kappa shape index (κ2) is 7.71. The number of carbonyl (C=O) groups is 3. The SMILES string of the molecule is CN(C(=O)CN1C(=O)NC(C)(c2ccc(F)cc2Cl)C1=O)c1ccc([N+](=O)[O-])cc1. The molecular formula is C19H16ClFN4O5. The van der Waals surface area contributed by atoms with Gasteiger partial charge in [-0.3, -0.25) is 24.6 Å². The smallest absolute Gasteiger partial charge is 0.319 e. The molecule has 3 rings (SSSR count). The fourth-order valence-corrected chi connectivity index (χ4v) is 3.46. The third-order valence-corrected chi connectivity index (χ3v) is 5.17. The highest BCUT2D eigenvalue weighted by atomic mass is 35.5. The van der Waals surface area contributed by atoms with Crippen molar-refractivity contribution >= 4 is 40.8 Å². The Morgan fingerprint density at radius 2 is 1.90 bits per heavy atom. The molecule has 1 unspecified atom stereocenters. The molecular weight excluding hydrogens is 419 g/mol. The maximum Gasteiger partial charge on any atom is 0.325 e. The lowest BCUT2D eigenvalue weighted by atomic mass is 9.92. The number of nitrogens with zero attached hydrogens (tertiary/aromatic N) is 3. The van der Waals surface area contributed by atoms with Crippen molar-refractivity contribution in [3.05, 3.63) is 69.0 Å². The van der Waals surface area contributed by atoms with Gasteiger partial charge in [0.15, 0.2) is 0 Å². The average molecular weight is 435 g/mol. The summed E-state index contributed by atoms with van der Waals surface area (Å²) in [6.45, 7) is 0.851. The fraction of sp³-hybridized carbons (Fsp3) is 0.211. The predicted molar refractivity (Wildman–Crippen MR) is 106 cm³/mol. The van der Waals surface area contributed by atoms with Crippen LogP contribution in [0, 0.1) is 15.9 Å². The van der Waals surface area contributed by atoms with Crippen molar-refractivity contribution in [1.82, 2.24) is 10.2 Å². The molecule has 1 N–H and O–H groups in total. The number of nitrogens with one attached hydrogen (secondary N) is 1. The van der Waals surface area contributed by atoms with Crippen molar-refractivity contribution in [2.75, 3.05) is 18.5 Å². The number of amides is 4. The van der Waals surface area contributed by atoms with Crippen LogP contribution in [0.5, 0.6) is 0 Å². The molecule has 0 bridgehead atoms. The highest BCUT2D eigenvalue weighted by Gasteiger charge is 2.50. The van der Waals surface area contributed by atoms with Crippen LogP contribution in [0.15, 0.2) is 42.5 Å². The average Bonchev–Trinajstić information content (AvgIpc) is 2.91. The number of benzene rings is 2. The number of hydrogen-bond acceptors (Lipinski definition) is 5. The normalized spacial score (nSPS) is 18.3. The van der Waals surface area contributed by atoms with Crippen molar-refractivity contribution in [3.8, 4) is 0 Å². The molecule has 1 saturated heterocycles. The van der Waals surface area contributed by atoms with Gasteiger partial charge in [0.2, 0.25) is 5.91 Å². The van der Waals surface area contributed by atoms with E-state index in [0.717, 1.165) is 17.0 Å². The van der Waals surface area contributed by atoms with Crippen molar-refractivity contribution in [2.24, 2.45) is 0 Å². The molecule has 2 aromatic carbocycles. The minimum absolute atomic E-state index is 0.0395. The van der Waals surface area contributed by atoms with E-state index in [1.807, 2.05) is 0 Å². The van der Waals surface area contributed by atoms with E-state index in [1.165, 1.54) is 49.2 Å². The summed E-state index contributed by atoms with van der Waals surface area (Å²) in [5.41, 5.74) is -1.15. The highest BCUT2D eigenvalue weighted by molar-refractivity contribution is 6.32. The molecule has 30 heavy (non-hydrogen) atoms. The van der Waals surface area contributed by atoms with Gasteiger partial charge < -0.3 is 10.2 Å². The Balaban J connectivity index is 1.79. The molecule has 0 saturated carbocycles. The van der Waals surface area contributed by atoms with E-state index >= 15 is 0 Å². The van der Waals surface area contributed by atoms with Gasteiger partial charge in [0.1, 0.15) is 17.9 Å². The van der Waals surface area contributed by atoms with Gasteiger partial charge in [-0.05, 0) is 31.2 Å². The van der Waals surface area contributed by atoms with E-state index in [9.17, 15) is 28.9 Å². The Morgan fingerprint density at radius 3 is 2.47 bits per heavy atom. The Kier molecular flexibility index (Phi) is 5.45. The molecule has 1 atom stereocenters. The van der Waals surface area contributed by atoms with Crippen molar-refractivity contribution in [3.63, 3.8) is 0 Å². The van der Waals surface area contributed by atoms with Crippen LogP contribution in [-0.4, -0.2) is 41.3 Å². The van der Waals surface area contributed by atoms with Crippen LogP contribution < -0.4 is 10.2 Å². The quantitative estimate of drug-likeness (QED) is 0.441.